The lowest BCUT2D eigenvalue weighted by Gasteiger charge is -2.36. The molecule has 0 spiro atoms. The fourth-order valence-corrected chi connectivity index (χ4v) is 3.73. The Kier molecular flexibility index (Phi) is 7.59. The third kappa shape index (κ3) is 4.23. The number of nitrogens with zero attached hydrogens (tertiary/aromatic N) is 1. The molecule has 3 saturated heterocycles. The van der Waals surface area contributed by atoms with Gasteiger partial charge in [-0.3, -0.25) is 4.79 Å². The molecule has 20 heavy (non-hydrogen) atoms. The number of amides is 1. The number of carbonyl (C=O) groups is 1. The van der Waals surface area contributed by atoms with Crippen molar-refractivity contribution >= 4 is 30.7 Å². The van der Waals surface area contributed by atoms with Gasteiger partial charge in [0.1, 0.15) is 0 Å². The molecule has 2 unspecified atom stereocenters. The maximum Gasteiger partial charge on any atom is 0.237 e. The number of piperidine rings is 2. The molecule has 0 aromatic rings. The summed E-state index contributed by atoms with van der Waals surface area (Å²) >= 11 is 0. The van der Waals surface area contributed by atoms with Crippen LogP contribution in [0.3, 0.4) is 0 Å². The summed E-state index contributed by atoms with van der Waals surface area (Å²) in [7, 11) is 0. The van der Waals surface area contributed by atoms with Crippen LogP contribution in [0.1, 0.15) is 44.9 Å². The topological polar surface area (TPSA) is 44.4 Å². The number of fused-ring (bicyclic) bond motifs is 1. The van der Waals surface area contributed by atoms with Crippen LogP contribution in [0, 0.1) is 0 Å². The molecule has 0 radical (unpaired) electrons. The van der Waals surface area contributed by atoms with Crippen LogP contribution in [0.5, 0.6) is 0 Å². The molecule has 3 fully saturated rings. The average molecular weight is 324 g/mol. The predicted octanol–water partition coefficient (Wildman–Crippen LogP) is 1.72. The second kappa shape index (κ2) is 8.42. The van der Waals surface area contributed by atoms with E-state index in [9.17, 15) is 4.79 Å². The lowest BCUT2D eigenvalue weighted by molar-refractivity contribution is -0.124. The number of hydrogen-bond donors (Lipinski definition) is 2. The van der Waals surface area contributed by atoms with Gasteiger partial charge in [-0.25, -0.2) is 0 Å². The largest absolute Gasteiger partial charge is 0.352 e. The zero-order valence-electron chi connectivity index (χ0n) is 12.0. The summed E-state index contributed by atoms with van der Waals surface area (Å²) in [5, 5.41) is 6.61. The summed E-state index contributed by atoms with van der Waals surface area (Å²) in [6.07, 6.45) is 8.38. The van der Waals surface area contributed by atoms with Crippen LogP contribution in [0.25, 0.3) is 0 Å². The Morgan fingerprint density at radius 1 is 1.05 bits per heavy atom. The van der Waals surface area contributed by atoms with E-state index in [2.05, 4.69) is 15.5 Å². The van der Waals surface area contributed by atoms with E-state index >= 15 is 0 Å². The molecule has 4 nitrogen and oxygen atoms in total. The van der Waals surface area contributed by atoms with Gasteiger partial charge in [0.2, 0.25) is 5.91 Å². The van der Waals surface area contributed by atoms with Crippen LogP contribution in [-0.4, -0.2) is 48.6 Å². The highest BCUT2D eigenvalue weighted by Crippen LogP contribution is 2.26. The average Bonchev–Trinajstić information content (AvgIpc) is 2.87. The third-order valence-corrected chi connectivity index (χ3v) is 4.79. The molecule has 6 heteroatoms. The summed E-state index contributed by atoms with van der Waals surface area (Å²) in [5.74, 6) is 0.242. The number of hydrogen-bond acceptors (Lipinski definition) is 3. The molecule has 1 amide bonds. The SMILES string of the molecule is Cl.Cl.O=C(NC1CCN2CCCC2C1)[C@H]1CCCCN1. The maximum atomic E-state index is 12.2. The summed E-state index contributed by atoms with van der Waals surface area (Å²) in [6.45, 7) is 3.45. The molecule has 0 bridgehead atoms. The van der Waals surface area contributed by atoms with Gasteiger partial charge >= 0.3 is 0 Å². The molecule has 3 aliphatic rings. The molecular weight excluding hydrogens is 297 g/mol. The van der Waals surface area contributed by atoms with E-state index in [1.54, 1.807) is 0 Å². The van der Waals surface area contributed by atoms with Crippen LogP contribution in [0.4, 0.5) is 0 Å². The fraction of sp³-hybridized carbons (Fsp3) is 0.929. The van der Waals surface area contributed by atoms with E-state index in [0.29, 0.717) is 6.04 Å². The van der Waals surface area contributed by atoms with E-state index < -0.39 is 0 Å². The minimum atomic E-state index is 0. The lowest BCUT2D eigenvalue weighted by Crippen LogP contribution is -2.53. The predicted molar refractivity (Wildman–Crippen MR) is 85.9 cm³/mol. The standard InChI is InChI=1S/C14H25N3O.2ClH/c18-14(13-5-1-2-7-15-13)16-11-6-9-17-8-3-4-12(17)10-11;;/h11-13,15H,1-10H2,(H,16,18);2*1H/t11?,12?,13-;;/m1../s1. The molecule has 0 aliphatic carbocycles. The Morgan fingerprint density at radius 2 is 1.90 bits per heavy atom. The van der Waals surface area contributed by atoms with E-state index in [1.807, 2.05) is 0 Å². The van der Waals surface area contributed by atoms with Gasteiger partial charge in [0.05, 0.1) is 6.04 Å². The number of halogens is 2. The normalized spacial score (nSPS) is 33.5. The molecule has 118 valence electrons. The first-order valence-electron chi connectivity index (χ1n) is 7.61. The van der Waals surface area contributed by atoms with Crippen molar-refractivity contribution in [2.75, 3.05) is 19.6 Å². The zero-order valence-corrected chi connectivity index (χ0v) is 13.6. The van der Waals surface area contributed by atoms with Crippen molar-refractivity contribution in [3.63, 3.8) is 0 Å². The Morgan fingerprint density at radius 3 is 2.65 bits per heavy atom. The van der Waals surface area contributed by atoms with Crippen molar-refractivity contribution in [1.82, 2.24) is 15.5 Å². The van der Waals surface area contributed by atoms with Crippen LogP contribution in [0.2, 0.25) is 0 Å². The van der Waals surface area contributed by atoms with Gasteiger partial charge in [0, 0.05) is 18.6 Å². The van der Waals surface area contributed by atoms with E-state index in [-0.39, 0.29) is 36.8 Å². The van der Waals surface area contributed by atoms with Crippen molar-refractivity contribution in [2.45, 2.75) is 63.1 Å². The van der Waals surface area contributed by atoms with Gasteiger partial charge in [-0.05, 0) is 51.6 Å². The molecule has 3 rings (SSSR count). The zero-order chi connectivity index (χ0) is 12.4. The van der Waals surface area contributed by atoms with Crippen molar-refractivity contribution in [2.24, 2.45) is 0 Å². The number of carbonyl (C=O) groups excluding carboxylic acids is 1. The van der Waals surface area contributed by atoms with E-state index in [1.165, 1.54) is 45.2 Å². The Hall–Kier alpha value is -0.0300. The Balaban J connectivity index is 0.000001000. The molecule has 0 aromatic carbocycles. The van der Waals surface area contributed by atoms with Gasteiger partial charge in [-0.15, -0.1) is 24.8 Å². The maximum absolute atomic E-state index is 12.2. The molecule has 0 aromatic heterocycles. The molecular formula is C14H27Cl2N3O. The van der Waals surface area contributed by atoms with Crippen LogP contribution >= 0.6 is 24.8 Å². The highest BCUT2D eigenvalue weighted by molar-refractivity contribution is 5.85. The first-order chi connectivity index (χ1) is 8.83. The Labute approximate surface area is 134 Å². The summed E-state index contributed by atoms with van der Waals surface area (Å²) in [6, 6.07) is 1.23. The van der Waals surface area contributed by atoms with Gasteiger partial charge in [0.15, 0.2) is 0 Å². The van der Waals surface area contributed by atoms with Crippen molar-refractivity contribution < 1.29 is 4.79 Å². The van der Waals surface area contributed by atoms with Crippen molar-refractivity contribution in [3.05, 3.63) is 0 Å². The van der Waals surface area contributed by atoms with Crippen LogP contribution in [-0.2, 0) is 4.79 Å². The van der Waals surface area contributed by atoms with Gasteiger partial charge in [0.25, 0.3) is 0 Å². The molecule has 3 heterocycles. The van der Waals surface area contributed by atoms with Crippen molar-refractivity contribution in [3.8, 4) is 0 Å². The molecule has 3 aliphatic heterocycles. The van der Waals surface area contributed by atoms with Gasteiger partial charge in [-0.1, -0.05) is 6.42 Å². The lowest BCUT2D eigenvalue weighted by atomic mass is 9.96. The van der Waals surface area contributed by atoms with Gasteiger partial charge in [-0.2, -0.15) is 0 Å². The summed E-state index contributed by atoms with van der Waals surface area (Å²) in [5.41, 5.74) is 0. The molecule has 3 atom stereocenters. The third-order valence-electron chi connectivity index (χ3n) is 4.79. The molecule has 2 N–H and O–H groups in total. The van der Waals surface area contributed by atoms with Gasteiger partial charge < -0.3 is 15.5 Å². The van der Waals surface area contributed by atoms with Crippen LogP contribution < -0.4 is 10.6 Å². The molecule has 0 saturated carbocycles. The Bertz CT molecular complexity index is 311. The summed E-state index contributed by atoms with van der Waals surface area (Å²) in [4.78, 5) is 14.8. The van der Waals surface area contributed by atoms with Crippen molar-refractivity contribution in [1.29, 1.82) is 0 Å². The second-order valence-corrected chi connectivity index (χ2v) is 6.06. The number of nitrogens with one attached hydrogen (secondary N) is 2. The highest BCUT2D eigenvalue weighted by atomic mass is 35.5. The summed E-state index contributed by atoms with van der Waals surface area (Å²) < 4.78 is 0. The van der Waals surface area contributed by atoms with E-state index in [4.69, 9.17) is 0 Å². The fourth-order valence-electron chi connectivity index (χ4n) is 3.73. The monoisotopic (exact) mass is 323 g/mol. The first-order valence-corrected chi connectivity index (χ1v) is 7.61. The quantitative estimate of drug-likeness (QED) is 0.813. The number of rotatable bonds is 2. The minimum absolute atomic E-state index is 0. The first kappa shape index (κ1) is 18.0. The van der Waals surface area contributed by atoms with E-state index in [0.717, 1.165) is 25.4 Å². The smallest absolute Gasteiger partial charge is 0.237 e. The highest BCUT2D eigenvalue weighted by Gasteiger charge is 2.33. The second-order valence-electron chi connectivity index (χ2n) is 6.06. The minimum Gasteiger partial charge on any atom is -0.352 e. The van der Waals surface area contributed by atoms with Crippen LogP contribution in [0.15, 0.2) is 0 Å².